The Hall–Kier alpha value is -1.00. The van der Waals surface area contributed by atoms with Crippen LogP contribution in [-0.4, -0.2) is 35.7 Å². The Balaban J connectivity index is 4.03. The number of hydrogen-bond acceptors (Lipinski definition) is 4. The predicted octanol–water partition coefficient (Wildman–Crippen LogP) is 6.63. The second-order valence-electron chi connectivity index (χ2n) is 10.4. The minimum Gasteiger partial charge on any atom is -0.305 e. The summed E-state index contributed by atoms with van der Waals surface area (Å²) < 4.78 is 0. The fourth-order valence-corrected chi connectivity index (χ4v) is 3.92. The maximum atomic E-state index is 12.4. The summed E-state index contributed by atoms with van der Waals surface area (Å²) in [5.74, 6) is 0.876. The van der Waals surface area contributed by atoms with E-state index in [4.69, 9.17) is 0 Å². The van der Waals surface area contributed by atoms with Gasteiger partial charge in [0, 0.05) is 23.9 Å². The van der Waals surface area contributed by atoms with Crippen molar-refractivity contribution in [1.29, 1.82) is 0 Å². The fourth-order valence-electron chi connectivity index (χ4n) is 3.92. The first-order chi connectivity index (χ1) is 15.1. The zero-order chi connectivity index (χ0) is 24.5. The van der Waals surface area contributed by atoms with Crippen molar-refractivity contribution in [3.8, 4) is 0 Å². The summed E-state index contributed by atoms with van der Waals surface area (Å²) in [5, 5.41) is 6.95. The summed E-state index contributed by atoms with van der Waals surface area (Å²) in [5.41, 5.74) is 0. The monoisotopic (exact) mass is 450 g/mol. The van der Waals surface area contributed by atoms with Crippen molar-refractivity contribution in [3.05, 3.63) is 12.2 Å². The predicted molar refractivity (Wildman–Crippen MR) is 139 cm³/mol. The van der Waals surface area contributed by atoms with Crippen LogP contribution in [-0.2, 0) is 9.59 Å². The molecule has 0 saturated carbocycles. The van der Waals surface area contributed by atoms with Crippen molar-refractivity contribution in [2.75, 3.05) is 0 Å². The molecule has 0 fully saturated rings. The normalized spacial score (nSPS) is 15.1. The lowest BCUT2D eigenvalue weighted by Crippen LogP contribution is -2.43. The molecule has 3 atom stereocenters. The molecule has 0 aromatic carbocycles. The number of allylic oxidation sites excluding steroid dienone is 2. The van der Waals surface area contributed by atoms with Crippen LogP contribution in [0.1, 0.15) is 120 Å². The van der Waals surface area contributed by atoms with Gasteiger partial charge in [0.1, 0.15) is 0 Å². The van der Waals surface area contributed by atoms with Gasteiger partial charge < -0.3 is 10.6 Å². The topological polar surface area (TPSA) is 58.2 Å². The van der Waals surface area contributed by atoms with E-state index in [0.29, 0.717) is 23.7 Å². The highest BCUT2D eigenvalue weighted by Gasteiger charge is 2.22. The molecule has 0 saturated heterocycles. The maximum absolute atomic E-state index is 12.4. The van der Waals surface area contributed by atoms with Crippen molar-refractivity contribution in [2.24, 2.45) is 11.8 Å². The quantitative estimate of drug-likeness (QED) is 0.161. The minimum absolute atomic E-state index is 0.00469. The first-order valence-corrected chi connectivity index (χ1v) is 13.3. The van der Waals surface area contributed by atoms with Crippen molar-refractivity contribution >= 4 is 11.6 Å². The molecule has 0 spiro atoms. The van der Waals surface area contributed by atoms with E-state index >= 15 is 0 Å². The van der Waals surface area contributed by atoms with Gasteiger partial charge in [-0.25, -0.2) is 0 Å². The van der Waals surface area contributed by atoms with E-state index in [0.717, 1.165) is 44.9 Å². The summed E-state index contributed by atoms with van der Waals surface area (Å²) in [6.07, 6.45) is 15.5. The highest BCUT2D eigenvalue weighted by Crippen LogP contribution is 2.13. The smallest absolute Gasteiger partial charge is 0.152 e. The summed E-state index contributed by atoms with van der Waals surface area (Å²) >= 11 is 0. The molecule has 4 heteroatoms. The molecule has 4 nitrogen and oxygen atoms in total. The number of Topliss-reactive ketones (excluding diaryl/α,β-unsaturated/α-hetero) is 2. The van der Waals surface area contributed by atoms with E-state index < -0.39 is 0 Å². The molecule has 0 bridgehead atoms. The lowest BCUT2D eigenvalue weighted by molar-refractivity contribution is -0.125. The van der Waals surface area contributed by atoms with E-state index in [9.17, 15) is 9.59 Å². The Labute approximate surface area is 199 Å². The summed E-state index contributed by atoms with van der Waals surface area (Å²) in [4.78, 5) is 24.8. The van der Waals surface area contributed by atoms with E-state index in [-0.39, 0.29) is 23.9 Å². The molecule has 0 aromatic rings. The summed E-state index contributed by atoms with van der Waals surface area (Å²) in [6, 6.07) is 0.738. The van der Waals surface area contributed by atoms with Gasteiger partial charge in [-0.2, -0.15) is 0 Å². The number of carbonyl (C=O) groups is 2. The largest absolute Gasteiger partial charge is 0.305 e. The Bertz CT molecular complexity index is 526. The fraction of sp³-hybridized carbons (Fsp3) is 0.857. The number of ketones is 2. The van der Waals surface area contributed by atoms with Gasteiger partial charge >= 0.3 is 0 Å². The Morgan fingerprint density at radius 3 is 1.62 bits per heavy atom. The number of rotatable bonds is 20. The zero-order valence-electron chi connectivity index (χ0n) is 22.5. The van der Waals surface area contributed by atoms with Gasteiger partial charge in [-0.3, -0.25) is 9.59 Å². The highest BCUT2D eigenvalue weighted by molar-refractivity contribution is 5.86. The molecular weight excluding hydrogens is 396 g/mol. The highest BCUT2D eigenvalue weighted by atomic mass is 16.1. The molecule has 2 N–H and O–H groups in total. The van der Waals surface area contributed by atoms with Crippen molar-refractivity contribution in [1.82, 2.24) is 10.6 Å². The zero-order valence-corrected chi connectivity index (χ0v) is 22.5. The van der Waals surface area contributed by atoms with Crippen molar-refractivity contribution < 1.29 is 9.59 Å². The second-order valence-corrected chi connectivity index (χ2v) is 10.4. The van der Waals surface area contributed by atoms with E-state index in [2.05, 4.69) is 50.5 Å². The van der Waals surface area contributed by atoms with E-state index in [1.807, 2.05) is 27.7 Å². The molecule has 0 aromatic heterocycles. The lowest BCUT2D eigenvalue weighted by Gasteiger charge is -2.23. The Morgan fingerprint density at radius 2 is 1.12 bits per heavy atom. The standard InChI is InChI=1S/C28H54N2O2/c1-9-24(8)30-26(28(32)22(4)5)20-18-16-14-12-10-11-13-15-17-19-25(29-23(6)7)27(31)21(2)3/h12,14,21-26,29-30H,9-11,13,15-20H2,1-8H3/b14-12+. The Kier molecular flexibility index (Phi) is 17.9. The van der Waals surface area contributed by atoms with Crippen molar-refractivity contribution in [3.63, 3.8) is 0 Å². The third kappa shape index (κ3) is 14.9. The summed E-state index contributed by atoms with van der Waals surface area (Å²) in [6.45, 7) is 16.5. The van der Waals surface area contributed by atoms with Crippen LogP contribution in [0.4, 0.5) is 0 Å². The molecule has 0 aliphatic carbocycles. The number of carbonyl (C=O) groups excluding carboxylic acids is 2. The molecule has 0 rings (SSSR count). The third-order valence-corrected chi connectivity index (χ3v) is 6.10. The van der Waals surface area contributed by atoms with Crippen LogP contribution in [0.3, 0.4) is 0 Å². The van der Waals surface area contributed by atoms with Crippen LogP contribution in [0.2, 0.25) is 0 Å². The molecule has 188 valence electrons. The van der Waals surface area contributed by atoms with Gasteiger partial charge in [-0.05, 0) is 51.9 Å². The van der Waals surface area contributed by atoms with Crippen LogP contribution in [0.15, 0.2) is 12.2 Å². The second kappa shape index (κ2) is 18.4. The Morgan fingerprint density at radius 1 is 0.656 bits per heavy atom. The average Bonchev–Trinajstić information content (AvgIpc) is 2.73. The van der Waals surface area contributed by atoms with Crippen LogP contribution in [0.25, 0.3) is 0 Å². The molecule has 0 aliphatic rings. The van der Waals surface area contributed by atoms with Crippen LogP contribution < -0.4 is 10.6 Å². The first kappa shape index (κ1) is 31.0. The minimum atomic E-state index is -0.00469. The third-order valence-electron chi connectivity index (χ3n) is 6.10. The lowest BCUT2D eigenvalue weighted by atomic mass is 9.96. The number of unbranched alkanes of at least 4 members (excludes halogenated alkanes) is 5. The van der Waals surface area contributed by atoms with Gasteiger partial charge in [0.25, 0.3) is 0 Å². The first-order valence-electron chi connectivity index (χ1n) is 13.3. The van der Waals surface area contributed by atoms with Gasteiger partial charge in [-0.15, -0.1) is 0 Å². The molecule has 0 amide bonds. The SMILES string of the molecule is CCC(C)NC(CCC/C=C/CCCCCCC(NC(C)C)C(=O)C(C)C)C(=O)C(C)C. The molecule has 32 heavy (non-hydrogen) atoms. The van der Waals surface area contributed by atoms with Crippen LogP contribution >= 0.6 is 0 Å². The molecular formula is C28H54N2O2. The van der Waals surface area contributed by atoms with Crippen molar-refractivity contribution in [2.45, 2.75) is 144 Å². The van der Waals surface area contributed by atoms with E-state index in [1.165, 1.54) is 19.3 Å². The molecule has 0 heterocycles. The van der Waals surface area contributed by atoms with Crippen LogP contribution in [0.5, 0.6) is 0 Å². The summed E-state index contributed by atoms with van der Waals surface area (Å²) in [7, 11) is 0. The van der Waals surface area contributed by atoms with Crippen LogP contribution in [0, 0.1) is 11.8 Å². The van der Waals surface area contributed by atoms with Gasteiger partial charge in [-0.1, -0.05) is 79.9 Å². The van der Waals surface area contributed by atoms with Gasteiger partial charge in [0.15, 0.2) is 11.6 Å². The number of hydrogen-bond donors (Lipinski definition) is 2. The molecule has 0 aliphatic heterocycles. The van der Waals surface area contributed by atoms with Gasteiger partial charge in [0.05, 0.1) is 12.1 Å². The molecule has 0 radical (unpaired) electrons. The maximum Gasteiger partial charge on any atom is 0.152 e. The molecule has 3 unspecified atom stereocenters. The average molecular weight is 451 g/mol. The van der Waals surface area contributed by atoms with Gasteiger partial charge in [0.2, 0.25) is 0 Å². The number of nitrogens with one attached hydrogen (secondary N) is 2. The van der Waals surface area contributed by atoms with E-state index in [1.54, 1.807) is 0 Å².